The van der Waals surface area contributed by atoms with Gasteiger partial charge in [0, 0.05) is 30.5 Å². The van der Waals surface area contributed by atoms with Crippen LogP contribution in [0.4, 0.5) is 17.5 Å². The highest BCUT2D eigenvalue weighted by atomic mass is 16.5. The molecule has 0 unspecified atom stereocenters. The van der Waals surface area contributed by atoms with Crippen molar-refractivity contribution in [2.45, 2.75) is 26.7 Å². The number of carbonyl (C=O) groups excluding carboxylic acids is 1. The standard InChI is InChI=1S/C19H24N4O2/c1-13-8-10-23(11-9-13)17-12-14(2)20-19(22-17)21-16-6-4-15(5-7-16)18(24)25-3/h4-7,12-13H,8-11H2,1-3H3,(H,20,21,22). The van der Waals surface area contributed by atoms with Gasteiger partial charge in [-0.1, -0.05) is 6.92 Å². The van der Waals surface area contributed by atoms with Gasteiger partial charge in [0.1, 0.15) is 5.82 Å². The van der Waals surface area contributed by atoms with Crippen LogP contribution in [0.15, 0.2) is 30.3 Å². The van der Waals surface area contributed by atoms with Gasteiger partial charge in [-0.25, -0.2) is 9.78 Å². The Morgan fingerprint density at radius 3 is 2.52 bits per heavy atom. The van der Waals surface area contributed by atoms with E-state index >= 15 is 0 Å². The molecular formula is C19H24N4O2. The largest absolute Gasteiger partial charge is 0.465 e. The topological polar surface area (TPSA) is 67.3 Å². The van der Waals surface area contributed by atoms with Crippen molar-refractivity contribution < 1.29 is 9.53 Å². The predicted molar refractivity (Wildman–Crippen MR) is 98.4 cm³/mol. The summed E-state index contributed by atoms with van der Waals surface area (Å²) in [5.74, 6) is 1.97. The van der Waals surface area contributed by atoms with Gasteiger partial charge in [-0.3, -0.25) is 0 Å². The Hall–Kier alpha value is -2.63. The van der Waals surface area contributed by atoms with Gasteiger partial charge >= 0.3 is 5.97 Å². The van der Waals surface area contributed by atoms with Crippen LogP contribution in [0.1, 0.15) is 35.8 Å². The van der Waals surface area contributed by atoms with Crippen molar-refractivity contribution in [1.29, 1.82) is 0 Å². The Labute approximate surface area is 148 Å². The van der Waals surface area contributed by atoms with Crippen LogP contribution < -0.4 is 10.2 Å². The van der Waals surface area contributed by atoms with Gasteiger partial charge in [0.2, 0.25) is 5.95 Å². The van der Waals surface area contributed by atoms with E-state index in [1.165, 1.54) is 20.0 Å². The number of benzene rings is 1. The summed E-state index contributed by atoms with van der Waals surface area (Å²) < 4.78 is 4.71. The van der Waals surface area contributed by atoms with E-state index < -0.39 is 0 Å². The Balaban J connectivity index is 1.75. The third-order valence-electron chi connectivity index (χ3n) is 4.51. The van der Waals surface area contributed by atoms with Crippen LogP contribution in [0, 0.1) is 12.8 Å². The van der Waals surface area contributed by atoms with Gasteiger partial charge < -0.3 is 15.0 Å². The van der Waals surface area contributed by atoms with Gasteiger partial charge in [-0.2, -0.15) is 4.98 Å². The van der Waals surface area contributed by atoms with Crippen LogP contribution in [-0.4, -0.2) is 36.1 Å². The van der Waals surface area contributed by atoms with Crippen molar-refractivity contribution in [3.05, 3.63) is 41.6 Å². The first-order valence-electron chi connectivity index (χ1n) is 8.61. The van der Waals surface area contributed by atoms with Gasteiger partial charge in [-0.05, 0) is 49.9 Å². The first-order chi connectivity index (χ1) is 12.0. The Bertz CT molecular complexity index is 738. The molecule has 1 aromatic carbocycles. The summed E-state index contributed by atoms with van der Waals surface area (Å²) in [6, 6.07) is 9.11. The summed E-state index contributed by atoms with van der Waals surface area (Å²) >= 11 is 0. The van der Waals surface area contributed by atoms with E-state index in [9.17, 15) is 4.79 Å². The Morgan fingerprint density at radius 1 is 1.20 bits per heavy atom. The summed E-state index contributed by atoms with van der Waals surface area (Å²) in [7, 11) is 1.37. The highest BCUT2D eigenvalue weighted by molar-refractivity contribution is 5.89. The molecule has 132 valence electrons. The molecule has 0 radical (unpaired) electrons. The monoisotopic (exact) mass is 340 g/mol. The molecule has 1 aromatic heterocycles. The van der Waals surface area contributed by atoms with Crippen LogP contribution in [-0.2, 0) is 4.74 Å². The molecule has 1 aliphatic heterocycles. The lowest BCUT2D eigenvalue weighted by atomic mass is 9.99. The number of ether oxygens (including phenoxy) is 1. The number of carbonyl (C=O) groups is 1. The number of hydrogen-bond donors (Lipinski definition) is 1. The maximum Gasteiger partial charge on any atom is 0.337 e. The fraction of sp³-hybridized carbons (Fsp3) is 0.421. The van der Waals surface area contributed by atoms with Crippen molar-refractivity contribution >= 4 is 23.4 Å². The first-order valence-corrected chi connectivity index (χ1v) is 8.61. The Morgan fingerprint density at radius 2 is 1.88 bits per heavy atom. The Kier molecular flexibility index (Phi) is 5.16. The van der Waals surface area contributed by atoms with Crippen molar-refractivity contribution in [3.8, 4) is 0 Å². The van der Waals surface area contributed by atoms with Crippen LogP contribution >= 0.6 is 0 Å². The van der Waals surface area contributed by atoms with E-state index in [1.807, 2.05) is 25.1 Å². The van der Waals surface area contributed by atoms with Crippen molar-refractivity contribution in [1.82, 2.24) is 9.97 Å². The van der Waals surface area contributed by atoms with E-state index in [1.54, 1.807) is 12.1 Å². The second-order valence-corrected chi connectivity index (χ2v) is 6.55. The zero-order valence-electron chi connectivity index (χ0n) is 15.0. The number of piperidine rings is 1. The van der Waals surface area contributed by atoms with Gasteiger partial charge in [-0.15, -0.1) is 0 Å². The molecule has 1 aliphatic rings. The second-order valence-electron chi connectivity index (χ2n) is 6.55. The molecular weight excluding hydrogens is 316 g/mol. The maximum absolute atomic E-state index is 11.5. The summed E-state index contributed by atoms with van der Waals surface area (Å²) in [5.41, 5.74) is 2.27. The minimum atomic E-state index is -0.347. The van der Waals surface area contributed by atoms with Gasteiger partial charge in [0.05, 0.1) is 12.7 Å². The lowest BCUT2D eigenvalue weighted by Crippen LogP contribution is -2.33. The molecule has 0 amide bonds. The average molecular weight is 340 g/mol. The molecule has 3 rings (SSSR count). The maximum atomic E-state index is 11.5. The fourth-order valence-corrected chi connectivity index (χ4v) is 2.94. The number of nitrogens with zero attached hydrogens (tertiary/aromatic N) is 3. The molecule has 6 nitrogen and oxygen atoms in total. The molecule has 2 aromatic rings. The lowest BCUT2D eigenvalue weighted by Gasteiger charge is -2.31. The van der Waals surface area contributed by atoms with Crippen molar-refractivity contribution in [3.63, 3.8) is 0 Å². The number of methoxy groups -OCH3 is 1. The predicted octanol–water partition coefficient (Wildman–Crippen LogP) is 3.55. The summed E-state index contributed by atoms with van der Waals surface area (Å²) in [4.78, 5) is 23.0. The zero-order valence-corrected chi connectivity index (χ0v) is 15.0. The first kappa shape index (κ1) is 17.2. The number of aromatic nitrogens is 2. The molecule has 1 fully saturated rings. The number of anilines is 3. The summed E-state index contributed by atoms with van der Waals surface area (Å²) in [5, 5.41) is 3.22. The molecule has 1 saturated heterocycles. The SMILES string of the molecule is COC(=O)c1ccc(Nc2nc(C)cc(N3CCC(C)CC3)n2)cc1. The number of hydrogen-bond acceptors (Lipinski definition) is 6. The van der Waals surface area contributed by atoms with E-state index in [4.69, 9.17) is 4.74 Å². The molecule has 0 aliphatic carbocycles. The lowest BCUT2D eigenvalue weighted by molar-refractivity contribution is 0.0601. The van der Waals surface area contributed by atoms with Gasteiger partial charge in [0.25, 0.3) is 0 Å². The van der Waals surface area contributed by atoms with Crippen LogP contribution in [0.25, 0.3) is 0 Å². The summed E-state index contributed by atoms with van der Waals surface area (Å²) in [6.45, 7) is 6.34. The quantitative estimate of drug-likeness (QED) is 0.859. The molecule has 0 spiro atoms. The number of nitrogens with one attached hydrogen (secondary N) is 1. The number of rotatable bonds is 4. The van der Waals surface area contributed by atoms with Crippen molar-refractivity contribution in [2.75, 3.05) is 30.4 Å². The normalized spacial score (nSPS) is 15.1. The minimum absolute atomic E-state index is 0.347. The average Bonchev–Trinajstić information content (AvgIpc) is 2.62. The second kappa shape index (κ2) is 7.51. The van der Waals surface area contributed by atoms with E-state index in [-0.39, 0.29) is 5.97 Å². The number of esters is 1. The molecule has 2 heterocycles. The van der Waals surface area contributed by atoms with Gasteiger partial charge in [0.15, 0.2) is 0 Å². The number of aryl methyl sites for hydroxylation is 1. The smallest absolute Gasteiger partial charge is 0.337 e. The fourth-order valence-electron chi connectivity index (χ4n) is 2.94. The zero-order chi connectivity index (χ0) is 17.8. The molecule has 1 N–H and O–H groups in total. The molecule has 0 bridgehead atoms. The molecule has 0 saturated carbocycles. The van der Waals surface area contributed by atoms with E-state index in [0.717, 1.165) is 36.2 Å². The van der Waals surface area contributed by atoms with Crippen molar-refractivity contribution in [2.24, 2.45) is 5.92 Å². The highest BCUT2D eigenvalue weighted by Crippen LogP contribution is 2.24. The molecule has 0 atom stereocenters. The third kappa shape index (κ3) is 4.26. The molecule has 6 heteroatoms. The third-order valence-corrected chi connectivity index (χ3v) is 4.51. The van der Waals surface area contributed by atoms with Crippen LogP contribution in [0.3, 0.4) is 0 Å². The van der Waals surface area contributed by atoms with Crippen LogP contribution in [0.5, 0.6) is 0 Å². The molecule has 25 heavy (non-hydrogen) atoms. The summed E-state index contributed by atoms with van der Waals surface area (Å²) in [6.07, 6.45) is 2.39. The minimum Gasteiger partial charge on any atom is -0.465 e. The van der Waals surface area contributed by atoms with E-state index in [0.29, 0.717) is 11.5 Å². The van der Waals surface area contributed by atoms with E-state index in [2.05, 4.69) is 27.1 Å². The highest BCUT2D eigenvalue weighted by Gasteiger charge is 2.18. The van der Waals surface area contributed by atoms with Crippen LogP contribution in [0.2, 0.25) is 0 Å².